The van der Waals surface area contributed by atoms with Gasteiger partial charge in [0.25, 0.3) is 0 Å². The van der Waals surface area contributed by atoms with Crippen LogP contribution in [-0.4, -0.2) is 36.4 Å². The average molecular weight is 638 g/mol. The van der Waals surface area contributed by atoms with Gasteiger partial charge in [-0.25, -0.2) is 4.79 Å². The summed E-state index contributed by atoms with van der Waals surface area (Å²) in [5.41, 5.74) is 4.47. The molecule has 3 aromatic carbocycles. The number of carboxylic acid groups (broad SMARTS) is 1. The number of fused-ring (bicyclic) bond motifs is 1. The molecule has 1 aliphatic rings. The zero-order valence-corrected chi connectivity index (χ0v) is 29.8. The van der Waals surface area contributed by atoms with E-state index >= 15 is 0 Å². The van der Waals surface area contributed by atoms with E-state index in [0.29, 0.717) is 29.7 Å². The molecule has 240 valence electrons. The Kier molecular flexibility index (Phi) is 14.2. The molecular formula is C37H44NNaO7. The van der Waals surface area contributed by atoms with Crippen molar-refractivity contribution in [2.24, 2.45) is 0 Å². The smallest absolute Gasteiger partial charge is 0.627 e. The van der Waals surface area contributed by atoms with Crippen LogP contribution in [0.15, 0.2) is 60.7 Å². The van der Waals surface area contributed by atoms with Gasteiger partial charge in [0.2, 0.25) is 6.79 Å². The third-order valence-corrected chi connectivity index (χ3v) is 7.95. The molecule has 0 saturated carbocycles. The van der Waals surface area contributed by atoms with Crippen molar-refractivity contribution >= 4 is 23.5 Å². The standard InChI is InChI=1S/C37H45NO7.Na/c1-5-6-7-11-28(29-12-8-13-32-35(29)45-24-44-32)23-33(39)38-31-21-25(16-19-30(31)37(2,3)4)10-9-20-43-36(42)27-17-14-26(15-18-27)22-34(40)41;/h8,12-19,21,28H,5-7,9-11,20,22-24H2,1-4H3,(H2,38,39,40,41);/q;+1/p-1. The Morgan fingerprint density at radius 2 is 1.70 bits per heavy atom. The molecule has 1 unspecified atom stereocenters. The normalized spacial score (nSPS) is 12.6. The number of para-hydroxylation sites is 1. The minimum atomic E-state index is -0.923. The number of rotatable bonds is 15. The molecule has 1 heterocycles. The number of carbonyl (C=O) groups excluding carboxylic acids is 2. The summed E-state index contributed by atoms with van der Waals surface area (Å²) in [6, 6.07) is 18.3. The van der Waals surface area contributed by atoms with Crippen molar-refractivity contribution < 1.29 is 63.3 Å². The molecule has 1 N–H and O–H groups in total. The first-order valence-electron chi connectivity index (χ1n) is 15.8. The summed E-state index contributed by atoms with van der Waals surface area (Å²) in [5, 5.41) is 13.6. The van der Waals surface area contributed by atoms with Gasteiger partial charge >= 0.3 is 41.5 Å². The number of carboxylic acids is 1. The summed E-state index contributed by atoms with van der Waals surface area (Å²) in [6.45, 7) is 8.91. The maximum atomic E-state index is 13.5. The number of unbranched alkanes of at least 4 members (excludes halogenated alkanes) is 2. The van der Waals surface area contributed by atoms with E-state index in [4.69, 9.17) is 19.3 Å². The van der Waals surface area contributed by atoms with E-state index < -0.39 is 11.9 Å². The van der Waals surface area contributed by atoms with E-state index in [1.807, 2.05) is 36.4 Å². The van der Waals surface area contributed by atoms with E-state index in [0.717, 1.165) is 53.9 Å². The topological polar surface area (TPSA) is 113 Å². The third-order valence-electron chi connectivity index (χ3n) is 7.95. The maximum absolute atomic E-state index is 13.5. The maximum Gasteiger partial charge on any atom is 1.00 e. The summed E-state index contributed by atoms with van der Waals surface area (Å²) in [4.78, 5) is 36.9. The van der Waals surface area contributed by atoms with Gasteiger partial charge in [0.15, 0.2) is 11.5 Å². The fourth-order valence-electron chi connectivity index (χ4n) is 5.59. The van der Waals surface area contributed by atoms with Crippen LogP contribution in [0.3, 0.4) is 0 Å². The van der Waals surface area contributed by atoms with Gasteiger partial charge < -0.3 is 29.4 Å². The predicted molar refractivity (Wildman–Crippen MR) is 174 cm³/mol. The Labute approximate surface area is 294 Å². The summed E-state index contributed by atoms with van der Waals surface area (Å²) in [6.07, 6.45) is 5.52. The second-order valence-corrected chi connectivity index (χ2v) is 12.6. The molecule has 1 aliphatic heterocycles. The Hall–Kier alpha value is -3.33. The summed E-state index contributed by atoms with van der Waals surface area (Å²) in [5.74, 6) is -0.100. The van der Waals surface area contributed by atoms with Crippen molar-refractivity contribution in [3.05, 3.63) is 93.8 Å². The number of benzene rings is 3. The number of ether oxygens (including phenoxy) is 3. The largest absolute Gasteiger partial charge is 1.00 e. The predicted octanol–water partition coefficient (Wildman–Crippen LogP) is 5.42. The van der Waals surface area contributed by atoms with Crippen molar-refractivity contribution in [3.8, 4) is 11.5 Å². The number of nitrogens with zero attached hydrogens (tertiary/aromatic N) is 1. The second kappa shape index (κ2) is 17.5. The van der Waals surface area contributed by atoms with E-state index in [-0.39, 0.29) is 73.0 Å². The van der Waals surface area contributed by atoms with E-state index in [1.54, 1.807) is 24.3 Å². The molecule has 1 atom stereocenters. The van der Waals surface area contributed by atoms with E-state index in [2.05, 4.69) is 33.0 Å². The SMILES string of the molecule is CCCCCC(CC(=O)[N-]c1cc(CCCOC(=O)c2ccc(CC(=O)O)cc2)ccc1C(C)(C)C)c1cccc2c1OCO2.[Na+]. The van der Waals surface area contributed by atoms with E-state index in [9.17, 15) is 14.4 Å². The molecule has 0 saturated heterocycles. The van der Waals surface area contributed by atoms with Crippen LogP contribution < -0.4 is 39.0 Å². The summed E-state index contributed by atoms with van der Waals surface area (Å²) >= 11 is 0. The minimum Gasteiger partial charge on any atom is -0.627 e. The van der Waals surface area contributed by atoms with Gasteiger partial charge in [0.05, 0.1) is 24.5 Å². The Bertz CT molecular complexity index is 1480. The van der Waals surface area contributed by atoms with Gasteiger partial charge in [0.1, 0.15) is 0 Å². The van der Waals surface area contributed by atoms with Gasteiger partial charge in [-0.3, -0.25) is 4.79 Å². The van der Waals surface area contributed by atoms with Crippen LogP contribution in [0.5, 0.6) is 11.5 Å². The Balaban J connectivity index is 0.00000576. The number of carbonyl (C=O) groups is 3. The third kappa shape index (κ3) is 10.6. The molecule has 0 aromatic heterocycles. The van der Waals surface area contributed by atoms with Crippen LogP contribution in [0.1, 0.15) is 105 Å². The van der Waals surface area contributed by atoms with Crippen LogP contribution in [0, 0.1) is 0 Å². The van der Waals surface area contributed by atoms with Crippen LogP contribution >= 0.6 is 0 Å². The van der Waals surface area contributed by atoms with Gasteiger partial charge in [-0.05, 0) is 66.3 Å². The quantitative estimate of drug-likeness (QED) is 0.135. The zero-order valence-electron chi connectivity index (χ0n) is 27.8. The number of aliphatic carboxylic acids is 1. The van der Waals surface area contributed by atoms with Crippen LogP contribution in [0.25, 0.3) is 5.32 Å². The first kappa shape index (κ1) is 37.1. The molecular weight excluding hydrogens is 593 g/mol. The Morgan fingerprint density at radius 1 is 0.957 bits per heavy atom. The number of hydrogen-bond acceptors (Lipinski definition) is 6. The van der Waals surface area contributed by atoms with Crippen LogP contribution in [-0.2, 0) is 32.6 Å². The monoisotopic (exact) mass is 637 g/mol. The minimum absolute atomic E-state index is 0. The average Bonchev–Trinajstić information content (AvgIpc) is 3.48. The molecule has 0 radical (unpaired) electrons. The van der Waals surface area contributed by atoms with Crippen molar-refractivity contribution in [1.82, 2.24) is 0 Å². The fraction of sp³-hybridized carbons (Fsp3) is 0.432. The van der Waals surface area contributed by atoms with Crippen molar-refractivity contribution in [3.63, 3.8) is 0 Å². The molecule has 0 aliphatic carbocycles. The van der Waals surface area contributed by atoms with Gasteiger partial charge in [-0.1, -0.05) is 95.0 Å². The second-order valence-electron chi connectivity index (χ2n) is 12.6. The summed E-state index contributed by atoms with van der Waals surface area (Å²) < 4.78 is 16.8. The molecule has 0 fully saturated rings. The summed E-state index contributed by atoms with van der Waals surface area (Å²) in [7, 11) is 0. The molecule has 1 amide bonds. The van der Waals surface area contributed by atoms with Crippen LogP contribution in [0.4, 0.5) is 5.69 Å². The first-order valence-corrected chi connectivity index (χ1v) is 15.8. The molecule has 3 aromatic rings. The number of esters is 1. The molecule has 9 heteroatoms. The van der Waals surface area contributed by atoms with Crippen molar-refractivity contribution in [1.29, 1.82) is 0 Å². The van der Waals surface area contributed by atoms with Crippen molar-refractivity contribution in [2.75, 3.05) is 13.4 Å². The van der Waals surface area contributed by atoms with Crippen molar-refractivity contribution in [2.45, 2.75) is 90.4 Å². The number of hydrogen-bond donors (Lipinski definition) is 1. The Morgan fingerprint density at radius 3 is 2.39 bits per heavy atom. The zero-order chi connectivity index (χ0) is 32.4. The van der Waals surface area contributed by atoms with Gasteiger partial charge in [0, 0.05) is 5.56 Å². The molecule has 4 rings (SSSR count). The van der Waals surface area contributed by atoms with Crippen LogP contribution in [0.2, 0.25) is 0 Å². The first-order chi connectivity index (χ1) is 21.5. The molecule has 0 spiro atoms. The molecule has 8 nitrogen and oxygen atoms in total. The fourth-order valence-corrected chi connectivity index (χ4v) is 5.59. The van der Waals surface area contributed by atoms with Gasteiger partial charge in [-0.15, -0.1) is 5.69 Å². The molecule has 46 heavy (non-hydrogen) atoms. The molecule has 0 bridgehead atoms. The van der Waals surface area contributed by atoms with Gasteiger partial charge in [-0.2, -0.15) is 0 Å². The van der Waals surface area contributed by atoms with E-state index in [1.165, 1.54) is 0 Å². The number of aryl methyl sites for hydroxylation is 1. The number of amides is 1.